The molecule has 6 heteroatoms. The SMILES string of the molecule is CCOC(=O)C1CCC(NC(=O)c2ccc(=O)[nH]c2)CC1. The molecule has 0 aliphatic heterocycles. The van der Waals surface area contributed by atoms with Crippen LogP contribution in [0.25, 0.3) is 0 Å². The highest BCUT2D eigenvalue weighted by Gasteiger charge is 2.28. The lowest BCUT2D eigenvalue weighted by Gasteiger charge is -2.27. The molecule has 0 radical (unpaired) electrons. The van der Waals surface area contributed by atoms with Crippen LogP contribution in [0.4, 0.5) is 0 Å². The van der Waals surface area contributed by atoms with Crippen molar-refractivity contribution in [2.24, 2.45) is 5.92 Å². The number of carbonyl (C=O) groups is 2. The van der Waals surface area contributed by atoms with Gasteiger partial charge in [0.2, 0.25) is 5.56 Å². The second kappa shape index (κ2) is 7.06. The van der Waals surface area contributed by atoms with Gasteiger partial charge in [-0.2, -0.15) is 0 Å². The number of esters is 1. The first-order valence-corrected chi connectivity index (χ1v) is 7.26. The van der Waals surface area contributed by atoms with Gasteiger partial charge in [-0.15, -0.1) is 0 Å². The molecule has 0 aromatic carbocycles. The molecule has 1 amide bonds. The molecule has 2 rings (SSSR count). The number of hydrogen-bond donors (Lipinski definition) is 2. The molecule has 1 aromatic rings. The van der Waals surface area contributed by atoms with Gasteiger partial charge in [0.25, 0.3) is 5.91 Å². The molecule has 0 unspecified atom stereocenters. The Morgan fingerprint density at radius 3 is 2.57 bits per heavy atom. The van der Waals surface area contributed by atoms with E-state index in [0.29, 0.717) is 12.2 Å². The van der Waals surface area contributed by atoms with E-state index < -0.39 is 0 Å². The Kier molecular flexibility index (Phi) is 5.14. The molecule has 1 aliphatic carbocycles. The Hall–Kier alpha value is -2.11. The zero-order valence-electron chi connectivity index (χ0n) is 12.1. The third-order valence-electron chi connectivity index (χ3n) is 3.73. The lowest BCUT2D eigenvalue weighted by molar-refractivity contribution is -0.149. The van der Waals surface area contributed by atoms with Crippen molar-refractivity contribution in [1.29, 1.82) is 0 Å². The molecule has 0 saturated heterocycles. The predicted molar refractivity (Wildman–Crippen MR) is 76.9 cm³/mol. The summed E-state index contributed by atoms with van der Waals surface area (Å²) in [5.41, 5.74) is 0.198. The summed E-state index contributed by atoms with van der Waals surface area (Å²) >= 11 is 0. The van der Waals surface area contributed by atoms with Crippen molar-refractivity contribution >= 4 is 11.9 Å². The molecule has 0 bridgehead atoms. The van der Waals surface area contributed by atoms with Gasteiger partial charge < -0.3 is 15.0 Å². The average Bonchev–Trinajstić information content (AvgIpc) is 2.49. The first-order valence-electron chi connectivity index (χ1n) is 7.26. The normalized spacial score (nSPS) is 21.6. The Balaban J connectivity index is 1.83. The van der Waals surface area contributed by atoms with Gasteiger partial charge in [0.15, 0.2) is 0 Å². The van der Waals surface area contributed by atoms with Gasteiger partial charge in [-0.05, 0) is 38.7 Å². The van der Waals surface area contributed by atoms with Crippen LogP contribution in [-0.2, 0) is 9.53 Å². The highest BCUT2D eigenvalue weighted by atomic mass is 16.5. The zero-order chi connectivity index (χ0) is 15.2. The van der Waals surface area contributed by atoms with Gasteiger partial charge in [-0.1, -0.05) is 0 Å². The van der Waals surface area contributed by atoms with Gasteiger partial charge >= 0.3 is 5.97 Å². The van der Waals surface area contributed by atoms with Crippen LogP contribution in [0.3, 0.4) is 0 Å². The van der Waals surface area contributed by atoms with E-state index in [4.69, 9.17) is 4.74 Å². The molecular weight excluding hydrogens is 272 g/mol. The van der Waals surface area contributed by atoms with Crippen LogP contribution in [0, 0.1) is 5.92 Å². The van der Waals surface area contributed by atoms with Crippen LogP contribution in [0.2, 0.25) is 0 Å². The van der Waals surface area contributed by atoms with E-state index in [1.165, 1.54) is 18.3 Å². The predicted octanol–water partition coefficient (Wildman–Crippen LogP) is 1.23. The number of ether oxygens (including phenoxy) is 1. The number of hydrogen-bond acceptors (Lipinski definition) is 4. The minimum atomic E-state index is -0.235. The largest absolute Gasteiger partial charge is 0.466 e. The minimum absolute atomic E-state index is 0.0498. The molecule has 0 atom stereocenters. The number of aromatic amines is 1. The number of amides is 1. The molecule has 2 N–H and O–H groups in total. The molecule has 21 heavy (non-hydrogen) atoms. The van der Waals surface area contributed by atoms with Gasteiger partial charge in [-0.3, -0.25) is 14.4 Å². The van der Waals surface area contributed by atoms with Gasteiger partial charge in [0.1, 0.15) is 0 Å². The first kappa shape index (κ1) is 15.3. The van der Waals surface area contributed by atoms with Crippen molar-refractivity contribution in [3.63, 3.8) is 0 Å². The summed E-state index contributed by atoms with van der Waals surface area (Å²) < 4.78 is 5.02. The van der Waals surface area contributed by atoms with Crippen LogP contribution >= 0.6 is 0 Å². The van der Waals surface area contributed by atoms with Gasteiger partial charge in [-0.25, -0.2) is 0 Å². The van der Waals surface area contributed by atoms with Crippen LogP contribution in [0.5, 0.6) is 0 Å². The lowest BCUT2D eigenvalue weighted by atomic mass is 9.86. The zero-order valence-corrected chi connectivity index (χ0v) is 12.1. The van der Waals surface area contributed by atoms with Crippen LogP contribution in [0.15, 0.2) is 23.1 Å². The Bertz CT molecular complexity index is 539. The van der Waals surface area contributed by atoms with Gasteiger partial charge in [0, 0.05) is 18.3 Å². The van der Waals surface area contributed by atoms with Gasteiger partial charge in [0.05, 0.1) is 18.1 Å². The Labute approximate surface area is 122 Å². The molecule has 1 saturated carbocycles. The molecule has 1 fully saturated rings. The molecular formula is C15H20N2O4. The molecule has 1 heterocycles. The van der Waals surface area contributed by atoms with E-state index in [9.17, 15) is 14.4 Å². The smallest absolute Gasteiger partial charge is 0.308 e. The fraction of sp³-hybridized carbons (Fsp3) is 0.533. The maximum Gasteiger partial charge on any atom is 0.308 e. The van der Waals surface area contributed by atoms with Crippen molar-refractivity contribution < 1.29 is 14.3 Å². The van der Waals surface area contributed by atoms with E-state index in [-0.39, 0.29) is 29.4 Å². The summed E-state index contributed by atoms with van der Waals surface area (Å²) in [7, 11) is 0. The molecule has 6 nitrogen and oxygen atoms in total. The number of aromatic nitrogens is 1. The Morgan fingerprint density at radius 1 is 1.29 bits per heavy atom. The van der Waals surface area contributed by atoms with E-state index in [0.717, 1.165) is 25.7 Å². The van der Waals surface area contributed by atoms with Crippen LogP contribution in [-0.4, -0.2) is 29.5 Å². The maximum atomic E-state index is 12.0. The first-order chi connectivity index (χ1) is 10.1. The van der Waals surface area contributed by atoms with E-state index in [2.05, 4.69) is 10.3 Å². The number of pyridine rings is 1. The monoisotopic (exact) mass is 292 g/mol. The second-order valence-corrected chi connectivity index (χ2v) is 5.22. The summed E-state index contributed by atoms with van der Waals surface area (Å²) in [6.45, 7) is 2.20. The van der Waals surface area contributed by atoms with E-state index in [1.807, 2.05) is 0 Å². The summed E-state index contributed by atoms with van der Waals surface area (Å²) in [6, 6.07) is 2.89. The fourth-order valence-electron chi connectivity index (χ4n) is 2.55. The summed E-state index contributed by atoms with van der Waals surface area (Å²) in [5.74, 6) is -0.389. The molecule has 0 spiro atoms. The van der Waals surface area contributed by atoms with E-state index >= 15 is 0 Å². The Morgan fingerprint density at radius 2 is 2.00 bits per heavy atom. The van der Waals surface area contributed by atoms with Crippen molar-refractivity contribution in [2.45, 2.75) is 38.6 Å². The average molecular weight is 292 g/mol. The molecule has 1 aromatic heterocycles. The van der Waals surface area contributed by atoms with E-state index in [1.54, 1.807) is 6.92 Å². The summed E-state index contributed by atoms with van der Waals surface area (Å²) in [5, 5.41) is 2.93. The number of nitrogens with one attached hydrogen (secondary N) is 2. The molecule has 114 valence electrons. The minimum Gasteiger partial charge on any atom is -0.466 e. The fourth-order valence-corrected chi connectivity index (χ4v) is 2.55. The summed E-state index contributed by atoms with van der Waals surface area (Å²) in [4.78, 5) is 37.1. The third-order valence-corrected chi connectivity index (χ3v) is 3.73. The third kappa shape index (κ3) is 4.18. The van der Waals surface area contributed by atoms with Crippen molar-refractivity contribution in [3.05, 3.63) is 34.2 Å². The van der Waals surface area contributed by atoms with Crippen molar-refractivity contribution in [2.75, 3.05) is 6.61 Å². The molecule has 1 aliphatic rings. The highest BCUT2D eigenvalue weighted by molar-refractivity contribution is 5.94. The topological polar surface area (TPSA) is 88.3 Å². The maximum absolute atomic E-state index is 12.0. The quantitative estimate of drug-likeness (QED) is 0.817. The van der Waals surface area contributed by atoms with Crippen LogP contribution < -0.4 is 10.9 Å². The number of H-pyrrole nitrogens is 1. The van der Waals surface area contributed by atoms with Crippen molar-refractivity contribution in [1.82, 2.24) is 10.3 Å². The summed E-state index contributed by atoms with van der Waals surface area (Å²) in [6.07, 6.45) is 4.39. The number of rotatable bonds is 4. The second-order valence-electron chi connectivity index (χ2n) is 5.22. The van der Waals surface area contributed by atoms with Crippen molar-refractivity contribution in [3.8, 4) is 0 Å². The van der Waals surface area contributed by atoms with Crippen LogP contribution in [0.1, 0.15) is 43.0 Å². The highest BCUT2D eigenvalue weighted by Crippen LogP contribution is 2.25. The lowest BCUT2D eigenvalue weighted by Crippen LogP contribution is -2.39. The standard InChI is InChI=1S/C15H20N2O4/c1-2-21-15(20)10-3-6-12(7-4-10)17-14(19)11-5-8-13(18)16-9-11/h5,8-10,12H,2-4,6-7H2,1H3,(H,16,18)(H,17,19). The number of carbonyl (C=O) groups excluding carboxylic acids is 2.